The molecule has 0 saturated carbocycles. The molecule has 1 aromatic carbocycles. The van der Waals surface area contributed by atoms with Gasteiger partial charge in [0.25, 0.3) is 5.91 Å². The fourth-order valence-corrected chi connectivity index (χ4v) is 3.81. The lowest BCUT2D eigenvalue weighted by Gasteiger charge is -2.38. The SMILES string of the molecule is CCCC(NC(C)(C)C)C(=O)C(=O)NCC1(c2ccc(C)cc2)CCOCC1. The van der Waals surface area contributed by atoms with Crippen LogP contribution in [0.3, 0.4) is 0 Å². The summed E-state index contributed by atoms with van der Waals surface area (Å²) in [6.45, 7) is 11.9. The molecule has 1 amide bonds. The van der Waals surface area contributed by atoms with Crippen LogP contribution in [0.2, 0.25) is 0 Å². The number of nitrogens with one attached hydrogen (secondary N) is 2. The van der Waals surface area contributed by atoms with Gasteiger partial charge >= 0.3 is 0 Å². The van der Waals surface area contributed by atoms with E-state index in [9.17, 15) is 9.59 Å². The van der Waals surface area contributed by atoms with Crippen LogP contribution in [0.25, 0.3) is 0 Å². The van der Waals surface area contributed by atoms with Gasteiger partial charge in [0.2, 0.25) is 5.78 Å². The van der Waals surface area contributed by atoms with Gasteiger partial charge < -0.3 is 15.4 Å². The molecular formula is C23H36N2O3. The first-order valence-electron chi connectivity index (χ1n) is 10.4. The topological polar surface area (TPSA) is 67.4 Å². The lowest BCUT2D eigenvalue weighted by atomic mass is 9.74. The van der Waals surface area contributed by atoms with E-state index in [1.54, 1.807) is 0 Å². The Morgan fingerprint density at radius 2 is 1.75 bits per heavy atom. The van der Waals surface area contributed by atoms with Crippen LogP contribution in [0.1, 0.15) is 64.5 Å². The number of aryl methyl sites for hydroxylation is 1. The highest BCUT2D eigenvalue weighted by molar-refractivity contribution is 6.38. The Labute approximate surface area is 169 Å². The predicted molar refractivity (Wildman–Crippen MR) is 113 cm³/mol. The van der Waals surface area contributed by atoms with Crippen molar-refractivity contribution in [3.05, 3.63) is 35.4 Å². The quantitative estimate of drug-likeness (QED) is 0.671. The minimum atomic E-state index is -0.492. The normalized spacial score (nSPS) is 17.8. The Morgan fingerprint density at radius 1 is 1.14 bits per heavy atom. The van der Waals surface area contributed by atoms with Gasteiger partial charge in [-0.1, -0.05) is 43.2 Å². The van der Waals surface area contributed by atoms with E-state index in [0.717, 1.165) is 19.3 Å². The van der Waals surface area contributed by atoms with Gasteiger partial charge in [-0.25, -0.2) is 0 Å². The molecule has 1 aliphatic heterocycles. The Kier molecular flexibility index (Phi) is 7.79. The highest BCUT2D eigenvalue weighted by Crippen LogP contribution is 2.34. The summed E-state index contributed by atoms with van der Waals surface area (Å²) >= 11 is 0. The molecule has 5 heteroatoms. The van der Waals surface area contributed by atoms with Crippen LogP contribution in [0.5, 0.6) is 0 Å². The summed E-state index contributed by atoms with van der Waals surface area (Å²) in [4.78, 5) is 25.5. The van der Waals surface area contributed by atoms with E-state index in [1.165, 1.54) is 11.1 Å². The number of carbonyl (C=O) groups is 2. The molecule has 28 heavy (non-hydrogen) atoms. The monoisotopic (exact) mass is 388 g/mol. The molecule has 1 saturated heterocycles. The van der Waals surface area contributed by atoms with E-state index in [1.807, 2.05) is 27.7 Å². The van der Waals surface area contributed by atoms with Crippen molar-refractivity contribution in [2.75, 3.05) is 19.8 Å². The third-order valence-electron chi connectivity index (χ3n) is 5.43. The lowest BCUT2D eigenvalue weighted by molar-refractivity contribution is -0.139. The predicted octanol–water partition coefficient (Wildman–Crippen LogP) is 3.29. The molecule has 1 unspecified atom stereocenters. The molecule has 0 radical (unpaired) electrons. The summed E-state index contributed by atoms with van der Waals surface area (Å²) in [5, 5.41) is 6.24. The molecule has 0 aromatic heterocycles. The minimum absolute atomic E-state index is 0.181. The zero-order valence-corrected chi connectivity index (χ0v) is 18.1. The van der Waals surface area contributed by atoms with Crippen molar-refractivity contribution in [1.29, 1.82) is 0 Å². The fourth-order valence-electron chi connectivity index (χ4n) is 3.81. The molecule has 1 aliphatic rings. The minimum Gasteiger partial charge on any atom is -0.381 e. The molecule has 0 bridgehead atoms. The van der Waals surface area contributed by atoms with Crippen LogP contribution in [-0.4, -0.2) is 43.0 Å². The van der Waals surface area contributed by atoms with E-state index in [4.69, 9.17) is 4.74 Å². The molecule has 0 aliphatic carbocycles. The number of rotatable bonds is 8. The maximum Gasteiger partial charge on any atom is 0.289 e. The van der Waals surface area contributed by atoms with Crippen molar-refractivity contribution in [2.24, 2.45) is 0 Å². The molecule has 0 spiro atoms. The number of ether oxygens (including phenoxy) is 1. The molecular weight excluding hydrogens is 352 g/mol. The van der Waals surface area contributed by atoms with Crippen LogP contribution in [-0.2, 0) is 19.7 Å². The molecule has 1 atom stereocenters. The second-order valence-electron chi connectivity index (χ2n) is 9.04. The molecule has 156 valence electrons. The van der Waals surface area contributed by atoms with Crippen LogP contribution >= 0.6 is 0 Å². The number of benzene rings is 1. The zero-order chi connectivity index (χ0) is 20.8. The summed E-state index contributed by atoms with van der Waals surface area (Å²) in [7, 11) is 0. The Bertz CT molecular complexity index is 655. The molecule has 2 N–H and O–H groups in total. The molecule has 1 heterocycles. The lowest BCUT2D eigenvalue weighted by Crippen LogP contribution is -2.53. The van der Waals surface area contributed by atoms with Crippen LogP contribution in [0.4, 0.5) is 0 Å². The molecule has 1 fully saturated rings. The van der Waals surface area contributed by atoms with E-state index in [2.05, 4.69) is 41.8 Å². The summed E-state index contributed by atoms with van der Waals surface area (Å²) < 4.78 is 5.56. The van der Waals surface area contributed by atoms with Crippen molar-refractivity contribution in [1.82, 2.24) is 10.6 Å². The third-order valence-corrected chi connectivity index (χ3v) is 5.43. The van der Waals surface area contributed by atoms with E-state index in [-0.39, 0.29) is 16.7 Å². The average Bonchev–Trinajstić information content (AvgIpc) is 2.65. The number of carbonyl (C=O) groups excluding carboxylic acids is 2. The van der Waals surface area contributed by atoms with Crippen LogP contribution < -0.4 is 10.6 Å². The number of hydrogen-bond acceptors (Lipinski definition) is 4. The van der Waals surface area contributed by atoms with Gasteiger partial charge in [-0.15, -0.1) is 0 Å². The van der Waals surface area contributed by atoms with Gasteiger partial charge in [0.15, 0.2) is 0 Å². The smallest absolute Gasteiger partial charge is 0.289 e. The largest absolute Gasteiger partial charge is 0.381 e. The Balaban J connectivity index is 2.10. The Hall–Kier alpha value is -1.72. The highest BCUT2D eigenvalue weighted by atomic mass is 16.5. The van der Waals surface area contributed by atoms with Crippen LogP contribution in [0, 0.1) is 6.92 Å². The molecule has 1 aromatic rings. The summed E-state index contributed by atoms with van der Waals surface area (Å²) in [5.41, 5.74) is 2.01. The highest BCUT2D eigenvalue weighted by Gasteiger charge is 2.36. The fraction of sp³-hybridized carbons (Fsp3) is 0.652. The third kappa shape index (κ3) is 6.14. The number of amides is 1. The summed E-state index contributed by atoms with van der Waals surface area (Å²) in [6.07, 6.45) is 3.17. The number of ketones is 1. The summed E-state index contributed by atoms with van der Waals surface area (Å²) in [5.74, 6) is -0.865. The average molecular weight is 389 g/mol. The van der Waals surface area contributed by atoms with Crippen molar-refractivity contribution >= 4 is 11.7 Å². The van der Waals surface area contributed by atoms with Crippen molar-refractivity contribution in [2.45, 2.75) is 77.3 Å². The second kappa shape index (κ2) is 9.66. The first-order valence-corrected chi connectivity index (χ1v) is 10.4. The Morgan fingerprint density at radius 3 is 2.29 bits per heavy atom. The van der Waals surface area contributed by atoms with Gasteiger partial charge in [-0.05, 0) is 52.5 Å². The van der Waals surface area contributed by atoms with E-state index < -0.39 is 11.9 Å². The van der Waals surface area contributed by atoms with Gasteiger partial charge in [0.1, 0.15) is 0 Å². The van der Waals surface area contributed by atoms with Crippen molar-refractivity contribution in [3.63, 3.8) is 0 Å². The van der Waals surface area contributed by atoms with Gasteiger partial charge in [-0.2, -0.15) is 0 Å². The van der Waals surface area contributed by atoms with Crippen molar-refractivity contribution < 1.29 is 14.3 Å². The van der Waals surface area contributed by atoms with Crippen molar-refractivity contribution in [3.8, 4) is 0 Å². The maximum absolute atomic E-state index is 12.8. The molecule has 2 rings (SSSR count). The second-order valence-corrected chi connectivity index (χ2v) is 9.04. The van der Waals surface area contributed by atoms with E-state index >= 15 is 0 Å². The standard InChI is InChI=1S/C23H36N2O3/c1-6-7-19(25-22(3,4)5)20(26)21(27)24-16-23(12-14-28-15-13-23)18-10-8-17(2)9-11-18/h8-11,19,25H,6-7,12-16H2,1-5H3,(H,24,27). The van der Waals surface area contributed by atoms with Gasteiger partial charge in [-0.3, -0.25) is 9.59 Å². The number of hydrogen-bond donors (Lipinski definition) is 2. The zero-order valence-electron chi connectivity index (χ0n) is 18.1. The first kappa shape index (κ1) is 22.6. The van der Waals surface area contributed by atoms with Gasteiger partial charge in [0.05, 0.1) is 6.04 Å². The summed E-state index contributed by atoms with van der Waals surface area (Å²) in [6, 6.07) is 8.02. The maximum atomic E-state index is 12.8. The van der Waals surface area contributed by atoms with E-state index in [0.29, 0.717) is 26.2 Å². The van der Waals surface area contributed by atoms with Crippen LogP contribution in [0.15, 0.2) is 24.3 Å². The van der Waals surface area contributed by atoms with Gasteiger partial charge in [0, 0.05) is 30.7 Å². The molecule has 5 nitrogen and oxygen atoms in total. The first-order chi connectivity index (χ1) is 13.2. The number of Topliss-reactive ketones (excluding diaryl/α,β-unsaturated/α-hetero) is 1.